The van der Waals surface area contributed by atoms with E-state index in [0.717, 1.165) is 18.6 Å². The number of allylic oxidation sites excluding steroid dienone is 3. The molecule has 1 saturated carbocycles. The zero-order chi connectivity index (χ0) is 12.8. The number of ether oxygens (including phenoxy) is 1. The van der Waals surface area contributed by atoms with E-state index in [-0.39, 0.29) is 4.32 Å². The Kier molecular flexibility index (Phi) is 3.45. The third-order valence-electron chi connectivity index (χ3n) is 3.46. The molecule has 3 rings (SSSR count). The molecule has 0 amide bonds. The van der Waals surface area contributed by atoms with E-state index in [1.54, 1.807) is 0 Å². The van der Waals surface area contributed by atoms with Gasteiger partial charge in [0.15, 0.2) is 0 Å². The predicted octanol–water partition coefficient (Wildman–Crippen LogP) is 5.51. The summed E-state index contributed by atoms with van der Waals surface area (Å²) in [4.78, 5) is 0. The van der Waals surface area contributed by atoms with Crippen molar-refractivity contribution >= 4 is 47.8 Å². The summed E-state index contributed by atoms with van der Waals surface area (Å²) < 4.78 is 8.29. The van der Waals surface area contributed by atoms with Crippen molar-refractivity contribution in [3.8, 4) is 5.75 Å². The van der Waals surface area contributed by atoms with Gasteiger partial charge in [-0.2, -0.15) is 0 Å². The van der Waals surface area contributed by atoms with E-state index in [1.807, 2.05) is 36.6 Å². The van der Waals surface area contributed by atoms with Crippen LogP contribution < -0.4 is 4.74 Å². The topological polar surface area (TPSA) is 9.23 Å². The largest absolute Gasteiger partial charge is 0.465 e. The maximum absolute atomic E-state index is 5.73. The van der Waals surface area contributed by atoms with Crippen LogP contribution in [0.5, 0.6) is 5.75 Å². The van der Waals surface area contributed by atoms with Crippen LogP contribution in [0.25, 0.3) is 0 Å². The Hall–Kier alpha value is -0.0600. The predicted molar refractivity (Wildman–Crippen MR) is 84.4 cm³/mol. The van der Waals surface area contributed by atoms with Gasteiger partial charge in [-0.15, -0.1) is 0 Å². The average molecular weight is 435 g/mol. The van der Waals surface area contributed by atoms with Crippen LogP contribution in [0.15, 0.2) is 51.1 Å². The van der Waals surface area contributed by atoms with Crippen molar-refractivity contribution in [1.29, 1.82) is 0 Å². The van der Waals surface area contributed by atoms with Gasteiger partial charge in [-0.1, -0.05) is 66.0 Å². The molecule has 0 radical (unpaired) electrons. The number of fused-ring (bicyclic) bond motifs is 2. The second-order valence-corrected chi connectivity index (χ2v) is 7.85. The molecule has 18 heavy (non-hydrogen) atoms. The smallest absolute Gasteiger partial charge is 0.126 e. The summed E-state index contributed by atoms with van der Waals surface area (Å²) in [7, 11) is 0. The highest BCUT2D eigenvalue weighted by atomic mass is 79.9. The van der Waals surface area contributed by atoms with Crippen molar-refractivity contribution < 1.29 is 4.74 Å². The Morgan fingerprint density at radius 3 is 2.56 bits per heavy atom. The quantitative estimate of drug-likeness (QED) is 0.440. The molecule has 2 unspecified atom stereocenters. The molecule has 1 aromatic carbocycles. The summed E-state index contributed by atoms with van der Waals surface area (Å²) in [6, 6.07) is 9.88. The molecule has 0 aliphatic heterocycles. The van der Waals surface area contributed by atoms with Gasteiger partial charge in [-0.3, -0.25) is 0 Å². The first-order valence-corrected chi connectivity index (χ1v) is 8.13. The second-order valence-electron chi connectivity index (χ2n) is 4.68. The monoisotopic (exact) mass is 432 g/mol. The van der Waals surface area contributed by atoms with Gasteiger partial charge in [-0.25, -0.2) is 0 Å². The molecule has 1 aromatic rings. The Labute approximate surface area is 132 Å². The number of hydrogen-bond acceptors (Lipinski definition) is 1. The number of alkyl halides is 1. The Morgan fingerprint density at radius 1 is 1.22 bits per heavy atom. The number of para-hydroxylation sites is 1. The fourth-order valence-electron chi connectivity index (χ4n) is 2.53. The molecule has 0 N–H and O–H groups in total. The first-order chi connectivity index (χ1) is 8.60. The number of hydrogen-bond donors (Lipinski definition) is 0. The maximum Gasteiger partial charge on any atom is 0.126 e. The minimum atomic E-state index is 0.0718. The number of halogens is 3. The van der Waals surface area contributed by atoms with Crippen molar-refractivity contribution in [2.75, 3.05) is 0 Å². The molecule has 1 nitrogen and oxygen atoms in total. The van der Waals surface area contributed by atoms with E-state index < -0.39 is 0 Å². The minimum Gasteiger partial charge on any atom is -0.465 e. The highest BCUT2D eigenvalue weighted by Crippen LogP contribution is 2.61. The van der Waals surface area contributed by atoms with Crippen molar-refractivity contribution in [2.45, 2.75) is 17.2 Å². The van der Waals surface area contributed by atoms with Crippen LogP contribution in [-0.2, 0) is 0 Å². The molecule has 0 aromatic heterocycles. The minimum absolute atomic E-state index is 0.0718. The molecule has 2 aliphatic rings. The summed E-state index contributed by atoms with van der Waals surface area (Å²) in [6.45, 7) is 0. The van der Waals surface area contributed by atoms with Crippen molar-refractivity contribution in [2.24, 2.45) is 5.92 Å². The average Bonchev–Trinajstić information content (AvgIpc) is 2.83. The standard InChI is InChI=1S/C14H11Br3O/c15-12-11-7-14(17,13(12)16)6-9(11)8-18-10-4-2-1-3-5-10/h1-5,8,11H,6-7H2. The summed E-state index contributed by atoms with van der Waals surface area (Å²) in [5, 5.41) is 0. The van der Waals surface area contributed by atoms with Gasteiger partial charge in [0.05, 0.1) is 10.6 Å². The van der Waals surface area contributed by atoms with Crippen molar-refractivity contribution in [3.63, 3.8) is 0 Å². The Balaban J connectivity index is 1.81. The Morgan fingerprint density at radius 2 is 1.94 bits per heavy atom. The van der Waals surface area contributed by atoms with Gasteiger partial charge < -0.3 is 4.74 Å². The van der Waals surface area contributed by atoms with Crippen molar-refractivity contribution in [3.05, 3.63) is 51.1 Å². The fourth-order valence-corrected chi connectivity index (χ4v) is 5.07. The molecule has 94 valence electrons. The van der Waals surface area contributed by atoms with E-state index in [4.69, 9.17) is 4.74 Å². The van der Waals surface area contributed by atoms with Crippen LogP contribution in [0, 0.1) is 5.92 Å². The zero-order valence-corrected chi connectivity index (χ0v) is 14.3. The zero-order valence-electron chi connectivity index (χ0n) is 9.50. The van der Waals surface area contributed by atoms with E-state index in [0.29, 0.717) is 5.92 Å². The van der Waals surface area contributed by atoms with Crippen LogP contribution in [0.2, 0.25) is 0 Å². The van der Waals surface area contributed by atoms with Crippen LogP contribution in [0.3, 0.4) is 0 Å². The molecule has 4 heteroatoms. The molecule has 2 atom stereocenters. The van der Waals surface area contributed by atoms with Gasteiger partial charge in [0.25, 0.3) is 0 Å². The molecule has 0 saturated heterocycles. The number of benzene rings is 1. The highest BCUT2D eigenvalue weighted by molar-refractivity contribution is 9.15. The molecule has 2 aliphatic carbocycles. The molecular formula is C14H11Br3O. The maximum atomic E-state index is 5.73. The van der Waals surface area contributed by atoms with E-state index in [9.17, 15) is 0 Å². The van der Waals surface area contributed by atoms with E-state index in [1.165, 1.54) is 14.5 Å². The SMILES string of the molecule is BrC1=C(Br)C2(Br)CC(=COc3ccccc3)C1C2. The van der Waals surface area contributed by atoms with Gasteiger partial charge in [-0.05, 0) is 30.5 Å². The Bertz CT molecular complexity index is 535. The van der Waals surface area contributed by atoms with Crippen LogP contribution >= 0.6 is 47.8 Å². The summed E-state index contributed by atoms with van der Waals surface area (Å²) in [5.41, 5.74) is 1.34. The van der Waals surface area contributed by atoms with Gasteiger partial charge in [0.1, 0.15) is 5.75 Å². The normalized spacial score (nSPS) is 32.4. The summed E-state index contributed by atoms with van der Waals surface area (Å²) in [6.07, 6.45) is 4.00. The molecule has 2 bridgehead atoms. The first-order valence-electron chi connectivity index (χ1n) is 5.75. The summed E-state index contributed by atoms with van der Waals surface area (Å²) in [5.74, 6) is 1.33. The van der Waals surface area contributed by atoms with Gasteiger partial charge in [0.2, 0.25) is 0 Å². The lowest BCUT2D eigenvalue weighted by atomic mass is 10.0. The molecule has 1 fully saturated rings. The first kappa shape index (κ1) is 12.9. The molecule has 0 spiro atoms. The van der Waals surface area contributed by atoms with E-state index in [2.05, 4.69) is 47.8 Å². The number of rotatable bonds is 2. The van der Waals surface area contributed by atoms with Crippen LogP contribution in [0.1, 0.15) is 12.8 Å². The molecule has 0 heterocycles. The molecular weight excluding hydrogens is 424 g/mol. The third-order valence-corrected chi connectivity index (χ3v) is 7.66. The van der Waals surface area contributed by atoms with Gasteiger partial charge >= 0.3 is 0 Å². The van der Waals surface area contributed by atoms with Crippen LogP contribution in [-0.4, -0.2) is 4.32 Å². The highest BCUT2D eigenvalue weighted by Gasteiger charge is 2.50. The second kappa shape index (κ2) is 4.80. The van der Waals surface area contributed by atoms with Crippen molar-refractivity contribution in [1.82, 2.24) is 0 Å². The van der Waals surface area contributed by atoms with Crippen LogP contribution in [0.4, 0.5) is 0 Å². The lowest BCUT2D eigenvalue weighted by Crippen LogP contribution is -2.14. The van der Waals surface area contributed by atoms with Gasteiger partial charge in [0, 0.05) is 14.9 Å². The lowest BCUT2D eigenvalue weighted by Gasteiger charge is -2.21. The fraction of sp³-hybridized carbons (Fsp3) is 0.286. The summed E-state index contributed by atoms with van der Waals surface area (Å²) >= 11 is 11.2. The third kappa shape index (κ3) is 2.12. The van der Waals surface area contributed by atoms with E-state index >= 15 is 0 Å². The lowest BCUT2D eigenvalue weighted by molar-refractivity contribution is 0.469.